The minimum atomic E-state index is -4.76. The van der Waals surface area contributed by atoms with E-state index in [0.29, 0.717) is 4.73 Å². The third-order valence-electron chi connectivity index (χ3n) is 3.53. The summed E-state index contributed by atoms with van der Waals surface area (Å²) in [6.45, 7) is -0.639. The van der Waals surface area contributed by atoms with Crippen LogP contribution in [0.3, 0.4) is 0 Å². The van der Waals surface area contributed by atoms with E-state index in [-0.39, 0.29) is 16.7 Å². The summed E-state index contributed by atoms with van der Waals surface area (Å²) in [5.41, 5.74) is -0.202. The van der Waals surface area contributed by atoms with Gasteiger partial charge in [-0.3, -0.25) is 14.5 Å². The molecule has 1 saturated heterocycles. The van der Waals surface area contributed by atoms with E-state index in [9.17, 15) is 20.0 Å². The van der Waals surface area contributed by atoms with Gasteiger partial charge in [-0.25, -0.2) is 14.5 Å². The molecular formula is C10H14N5O8P. The molecule has 6 N–H and O–H groups in total. The van der Waals surface area contributed by atoms with Gasteiger partial charge in [0.05, 0.1) is 12.9 Å². The SMILES string of the molecule is N=c1c2ncn([C@@H]3OC(COP(=O)(O)O)[C@@H](O)[C@H]3O)c2ncn1O. The van der Waals surface area contributed by atoms with Gasteiger partial charge in [0, 0.05) is 0 Å². The summed E-state index contributed by atoms with van der Waals surface area (Å²) in [5.74, 6) is 0. The van der Waals surface area contributed by atoms with Crippen LogP contribution in [-0.4, -0.2) is 69.4 Å². The van der Waals surface area contributed by atoms with Crippen molar-refractivity contribution in [1.29, 1.82) is 5.41 Å². The Labute approximate surface area is 133 Å². The van der Waals surface area contributed by atoms with Crippen molar-refractivity contribution in [1.82, 2.24) is 19.3 Å². The summed E-state index contributed by atoms with van der Waals surface area (Å²) < 4.78 is 22.1. The van der Waals surface area contributed by atoms with Crippen molar-refractivity contribution in [2.24, 2.45) is 0 Å². The molecule has 0 aromatic carbocycles. The Bertz CT molecular complexity index is 861. The molecule has 14 heteroatoms. The number of aliphatic hydroxyl groups is 2. The van der Waals surface area contributed by atoms with Gasteiger partial charge in [0.1, 0.15) is 24.6 Å². The first-order chi connectivity index (χ1) is 11.2. The Balaban J connectivity index is 1.89. The second-order valence-corrected chi connectivity index (χ2v) is 6.33. The molecule has 1 unspecified atom stereocenters. The highest BCUT2D eigenvalue weighted by atomic mass is 31.2. The molecule has 0 amide bonds. The molecule has 132 valence electrons. The Morgan fingerprint density at radius 1 is 1.29 bits per heavy atom. The van der Waals surface area contributed by atoms with E-state index in [4.69, 9.17) is 19.9 Å². The normalized spacial score (nSPS) is 27.8. The molecule has 3 rings (SSSR count). The smallest absolute Gasteiger partial charge is 0.425 e. The summed E-state index contributed by atoms with van der Waals surface area (Å²) in [5, 5.41) is 37.1. The first-order valence-electron chi connectivity index (χ1n) is 6.59. The summed E-state index contributed by atoms with van der Waals surface area (Å²) in [6, 6.07) is 0. The van der Waals surface area contributed by atoms with Gasteiger partial charge in [0.25, 0.3) is 0 Å². The fraction of sp³-hybridized carbons (Fsp3) is 0.500. The van der Waals surface area contributed by atoms with Crippen LogP contribution in [0.2, 0.25) is 0 Å². The molecule has 0 spiro atoms. The van der Waals surface area contributed by atoms with Crippen LogP contribution >= 0.6 is 7.82 Å². The van der Waals surface area contributed by atoms with Gasteiger partial charge in [-0.05, 0) is 0 Å². The van der Waals surface area contributed by atoms with Crippen LogP contribution in [0.15, 0.2) is 12.7 Å². The van der Waals surface area contributed by atoms with Crippen LogP contribution in [0.1, 0.15) is 6.23 Å². The Hall–Kier alpha value is -1.86. The van der Waals surface area contributed by atoms with Crippen molar-refractivity contribution in [3.05, 3.63) is 18.1 Å². The minimum absolute atomic E-state index is 0.0280. The Kier molecular flexibility index (Phi) is 4.17. The zero-order valence-electron chi connectivity index (χ0n) is 11.9. The third kappa shape index (κ3) is 2.93. The van der Waals surface area contributed by atoms with Crippen molar-refractivity contribution < 1.29 is 39.0 Å². The molecule has 13 nitrogen and oxygen atoms in total. The van der Waals surface area contributed by atoms with Crippen LogP contribution in [-0.2, 0) is 13.8 Å². The van der Waals surface area contributed by atoms with Crippen molar-refractivity contribution >= 4 is 19.0 Å². The lowest BCUT2D eigenvalue weighted by Crippen LogP contribution is -2.33. The fourth-order valence-corrected chi connectivity index (χ4v) is 2.72. The largest absolute Gasteiger partial charge is 0.469 e. The number of aliphatic hydroxyl groups excluding tert-OH is 2. The first-order valence-corrected chi connectivity index (χ1v) is 8.12. The molecule has 2 aromatic heterocycles. The van der Waals surface area contributed by atoms with Crippen LogP contribution in [0.4, 0.5) is 0 Å². The van der Waals surface area contributed by atoms with Gasteiger partial charge in [0.15, 0.2) is 22.9 Å². The molecule has 3 heterocycles. The summed E-state index contributed by atoms with van der Waals surface area (Å²) in [6.07, 6.45) is -3.14. The maximum absolute atomic E-state index is 10.7. The van der Waals surface area contributed by atoms with Crippen molar-refractivity contribution in [3.63, 3.8) is 0 Å². The second-order valence-electron chi connectivity index (χ2n) is 5.09. The van der Waals surface area contributed by atoms with Gasteiger partial charge in [-0.2, -0.15) is 4.73 Å². The highest BCUT2D eigenvalue weighted by molar-refractivity contribution is 7.46. The summed E-state index contributed by atoms with van der Waals surface area (Å²) in [4.78, 5) is 25.2. The molecule has 1 aliphatic heterocycles. The zero-order valence-corrected chi connectivity index (χ0v) is 12.8. The number of aromatic nitrogens is 4. The van der Waals surface area contributed by atoms with E-state index in [1.807, 2.05) is 0 Å². The fourth-order valence-electron chi connectivity index (χ4n) is 2.38. The second kappa shape index (κ2) is 5.89. The lowest BCUT2D eigenvalue weighted by molar-refractivity contribution is -0.0504. The van der Waals surface area contributed by atoms with E-state index in [1.54, 1.807) is 0 Å². The molecule has 1 fully saturated rings. The summed E-state index contributed by atoms with van der Waals surface area (Å²) >= 11 is 0. The molecule has 2 aromatic rings. The van der Waals surface area contributed by atoms with E-state index >= 15 is 0 Å². The number of phosphoric acid groups is 1. The predicted octanol–water partition coefficient (Wildman–Crippen LogP) is -2.32. The summed E-state index contributed by atoms with van der Waals surface area (Å²) in [7, 11) is -4.76. The highest BCUT2D eigenvalue weighted by Crippen LogP contribution is 2.38. The molecule has 24 heavy (non-hydrogen) atoms. The van der Waals surface area contributed by atoms with E-state index < -0.39 is 39.0 Å². The molecule has 4 atom stereocenters. The maximum atomic E-state index is 10.7. The Morgan fingerprint density at radius 2 is 2.00 bits per heavy atom. The van der Waals surface area contributed by atoms with Gasteiger partial charge in [-0.1, -0.05) is 0 Å². The van der Waals surface area contributed by atoms with Gasteiger partial charge in [-0.15, -0.1) is 0 Å². The van der Waals surface area contributed by atoms with Crippen LogP contribution in [0, 0.1) is 5.41 Å². The zero-order chi connectivity index (χ0) is 17.6. The lowest BCUT2D eigenvalue weighted by atomic mass is 10.1. The van der Waals surface area contributed by atoms with E-state index in [0.717, 1.165) is 6.33 Å². The molecule has 0 bridgehead atoms. The third-order valence-corrected chi connectivity index (χ3v) is 4.01. The number of rotatable bonds is 4. The van der Waals surface area contributed by atoms with Crippen molar-refractivity contribution in [2.45, 2.75) is 24.5 Å². The Morgan fingerprint density at radius 3 is 2.67 bits per heavy atom. The number of hydrogen-bond acceptors (Lipinski definition) is 9. The lowest BCUT2D eigenvalue weighted by Gasteiger charge is -2.16. The minimum Gasteiger partial charge on any atom is -0.425 e. The number of nitrogens with zero attached hydrogens (tertiary/aromatic N) is 4. The van der Waals surface area contributed by atoms with E-state index in [2.05, 4.69) is 14.5 Å². The van der Waals surface area contributed by atoms with Gasteiger partial charge in [0.2, 0.25) is 0 Å². The number of phosphoric ester groups is 1. The van der Waals surface area contributed by atoms with Crippen LogP contribution < -0.4 is 5.49 Å². The average molecular weight is 363 g/mol. The number of nitrogens with one attached hydrogen (secondary N) is 1. The standard InChI is InChI=1S/C10H14N5O8P/c11-8-5-9(13-3-15(8)18)14(2-12-5)10-7(17)6(16)4(23-10)1-22-24(19,20)21/h2-4,6-7,10-11,16-18H,1H2,(H2,19,20,21)/t4?,6-,7-,10-/m1/s1. The van der Waals surface area contributed by atoms with E-state index in [1.165, 1.54) is 10.9 Å². The number of ether oxygens (including phenoxy) is 1. The number of hydrogen-bond donors (Lipinski definition) is 6. The molecular weight excluding hydrogens is 349 g/mol. The average Bonchev–Trinajstić information content (AvgIpc) is 3.04. The van der Waals surface area contributed by atoms with Crippen molar-refractivity contribution in [2.75, 3.05) is 6.61 Å². The van der Waals surface area contributed by atoms with Crippen LogP contribution in [0.25, 0.3) is 11.2 Å². The highest BCUT2D eigenvalue weighted by Gasteiger charge is 2.45. The van der Waals surface area contributed by atoms with Gasteiger partial charge < -0.3 is 29.9 Å². The maximum Gasteiger partial charge on any atom is 0.469 e. The van der Waals surface area contributed by atoms with Crippen LogP contribution in [0.5, 0.6) is 0 Å². The molecule has 0 aliphatic carbocycles. The topological polar surface area (TPSA) is 196 Å². The molecule has 0 radical (unpaired) electrons. The number of imidazole rings is 1. The monoisotopic (exact) mass is 363 g/mol. The molecule has 0 saturated carbocycles. The first kappa shape index (κ1) is 17.0. The quantitative estimate of drug-likeness (QED) is 0.253. The predicted molar refractivity (Wildman–Crippen MR) is 72.5 cm³/mol. The molecule has 1 aliphatic rings. The van der Waals surface area contributed by atoms with Gasteiger partial charge >= 0.3 is 7.82 Å². The van der Waals surface area contributed by atoms with Crippen molar-refractivity contribution in [3.8, 4) is 0 Å². The number of fused-ring (bicyclic) bond motifs is 1.